The minimum Gasteiger partial charge on any atom is -0.481 e. The number of hydrogen-bond donors (Lipinski definition) is 1. The van der Waals surface area contributed by atoms with Gasteiger partial charge in [0.2, 0.25) is 5.91 Å². The number of halogens is 1. The van der Waals surface area contributed by atoms with Crippen molar-refractivity contribution >= 4 is 39.1 Å². The second kappa shape index (κ2) is 4.78. The standard InChI is InChI=1S/C11H12BrNO3S/c1-13(4-6-2-9(12)17-5-6)10(14)7-3-8(7)11(15)16/h2,5,7-8H,3-4H2,1H3,(H,15,16)/t7-,8+/m0/s1. The van der Waals surface area contributed by atoms with E-state index >= 15 is 0 Å². The summed E-state index contributed by atoms with van der Waals surface area (Å²) in [6.45, 7) is 0.532. The second-order valence-electron chi connectivity index (χ2n) is 4.24. The first-order valence-corrected chi connectivity index (χ1v) is 6.87. The van der Waals surface area contributed by atoms with E-state index in [2.05, 4.69) is 15.9 Å². The average molecular weight is 318 g/mol. The molecule has 6 heteroatoms. The van der Waals surface area contributed by atoms with Crippen LogP contribution in [0.25, 0.3) is 0 Å². The predicted molar refractivity (Wildman–Crippen MR) is 67.7 cm³/mol. The third-order valence-electron chi connectivity index (χ3n) is 2.84. The maximum Gasteiger partial charge on any atom is 0.307 e. The first kappa shape index (κ1) is 12.6. The SMILES string of the molecule is CN(Cc1csc(Br)c1)C(=O)[C@H]1C[C@H]1C(=O)O. The van der Waals surface area contributed by atoms with Gasteiger partial charge >= 0.3 is 5.97 Å². The highest BCUT2D eigenvalue weighted by molar-refractivity contribution is 9.11. The van der Waals surface area contributed by atoms with Gasteiger partial charge in [-0.2, -0.15) is 0 Å². The number of carbonyl (C=O) groups is 2. The van der Waals surface area contributed by atoms with Crippen LogP contribution in [0, 0.1) is 11.8 Å². The van der Waals surface area contributed by atoms with Crippen molar-refractivity contribution in [2.24, 2.45) is 11.8 Å². The summed E-state index contributed by atoms with van der Waals surface area (Å²) in [6.07, 6.45) is 0.478. The number of thiophene rings is 1. The highest BCUT2D eigenvalue weighted by Crippen LogP contribution is 2.40. The topological polar surface area (TPSA) is 57.6 Å². The molecule has 1 aliphatic carbocycles. The van der Waals surface area contributed by atoms with E-state index < -0.39 is 11.9 Å². The van der Waals surface area contributed by atoms with Crippen molar-refractivity contribution in [3.8, 4) is 0 Å². The van der Waals surface area contributed by atoms with Gasteiger partial charge in [-0.25, -0.2) is 0 Å². The molecule has 1 aromatic rings. The molecule has 1 N–H and O–H groups in total. The van der Waals surface area contributed by atoms with E-state index in [1.54, 1.807) is 23.3 Å². The smallest absolute Gasteiger partial charge is 0.307 e. The van der Waals surface area contributed by atoms with Gasteiger partial charge in [-0.1, -0.05) is 0 Å². The second-order valence-corrected chi connectivity index (χ2v) is 6.53. The third kappa shape index (κ3) is 2.87. The van der Waals surface area contributed by atoms with Crippen LogP contribution in [0.1, 0.15) is 12.0 Å². The molecule has 0 bridgehead atoms. The Bertz CT molecular complexity index is 459. The van der Waals surface area contributed by atoms with E-state index in [9.17, 15) is 9.59 Å². The Morgan fingerprint density at radius 3 is 2.76 bits per heavy atom. The van der Waals surface area contributed by atoms with Crippen LogP contribution in [0.5, 0.6) is 0 Å². The molecule has 1 saturated carbocycles. The first-order valence-electron chi connectivity index (χ1n) is 5.19. The molecule has 1 heterocycles. The van der Waals surface area contributed by atoms with Gasteiger partial charge in [-0.3, -0.25) is 9.59 Å². The van der Waals surface area contributed by atoms with E-state index in [0.717, 1.165) is 9.35 Å². The molecule has 92 valence electrons. The number of carboxylic acid groups (broad SMARTS) is 1. The Kier molecular flexibility index (Phi) is 3.53. The Hall–Kier alpha value is -0.880. The molecule has 1 aromatic heterocycles. The van der Waals surface area contributed by atoms with Gasteiger partial charge in [0, 0.05) is 13.6 Å². The van der Waals surface area contributed by atoms with Crippen molar-refractivity contribution < 1.29 is 14.7 Å². The van der Waals surface area contributed by atoms with Gasteiger partial charge in [0.1, 0.15) is 0 Å². The molecular weight excluding hydrogens is 306 g/mol. The Morgan fingerprint density at radius 1 is 1.59 bits per heavy atom. The number of carboxylic acids is 1. The number of carbonyl (C=O) groups excluding carboxylic acids is 1. The fraction of sp³-hybridized carbons (Fsp3) is 0.455. The molecule has 0 aliphatic heterocycles. The number of nitrogens with zero attached hydrogens (tertiary/aromatic N) is 1. The molecule has 0 saturated heterocycles. The lowest BCUT2D eigenvalue weighted by Gasteiger charge is -2.16. The highest BCUT2D eigenvalue weighted by atomic mass is 79.9. The van der Waals surface area contributed by atoms with Crippen LogP contribution in [0.2, 0.25) is 0 Å². The molecule has 1 fully saturated rings. The van der Waals surface area contributed by atoms with Crippen molar-refractivity contribution in [2.45, 2.75) is 13.0 Å². The summed E-state index contributed by atoms with van der Waals surface area (Å²) in [7, 11) is 1.71. The molecule has 0 unspecified atom stereocenters. The normalized spacial score (nSPS) is 22.2. The van der Waals surface area contributed by atoms with Crippen LogP contribution >= 0.6 is 27.3 Å². The Labute approximate surface area is 111 Å². The van der Waals surface area contributed by atoms with Crippen LogP contribution in [0.3, 0.4) is 0 Å². The van der Waals surface area contributed by atoms with Crippen LogP contribution in [0.15, 0.2) is 15.2 Å². The highest BCUT2D eigenvalue weighted by Gasteiger charge is 2.49. The number of hydrogen-bond acceptors (Lipinski definition) is 3. The maximum atomic E-state index is 11.9. The average Bonchev–Trinajstić information content (AvgIpc) is 2.96. The summed E-state index contributed by atoms with van der Waals surface area (Å²) < 4.78 is 1.03. The van der Waals surface area contributed by atoms with Crippen LogP contribution in [0.4, 0.5) is 0 Å². The van der Waals surface area contributed by atoms with Gasteiger partial charge in [-0.05, 0) is 39.4 Å². The Morgan fingerprint density at radius 2 is 2.29 bits per heavy atom. The lowest BCUT2D eigenvalue weighted by molar-refractivity contribution is -0.141. The van der Waals surface area contributed by atoms with E-state index in [-0.39, 0.29) is 11.8 Å². The van der Waals surface area contributed by atoms with E-state index in [4.69, 9.17) is 5.11 Å². The monoisotopic (exact) mass is 317 g/mol. The summed E-state index contributed by atoms with van der Waals surface area (Å²) in [4.78, 5) is 24.2. The lowest BCUT2D eigenvalue weighted by Crippen LogP contribution is -2.28. The zero-order valence-corrected chi connectivity index (χ0v) is 11.6. The number of aliphatic carboxylic acids is 1. The molecular formula is C11H12BrNO3S. The number of rotatable bonds is 4. The van der Waals surface area contributed by atoms with Gasteiger partial charge in [-0.15, -0.1) is 11.3 Å². The van der Waals surface area contributed by atoms with Crippen LogP contribution < -0.4 is 0 Å². The molecule has 4 nitrogen and oxygen atoms in total. The minimum atomic E-state index is -0.866. The maximum absolute atomic E-state index is 11.9. The summed E-state index contributed by atoms with van der Waals surface area (Å²) in [5, 5.41) is 10.8. The van der Waals surface area contributed by atoms with E-state index in [0.29, 0.717) is 13.0 Å². The first-order chi connectivity index (χ1) is 7.99. The largest absolute Gasteiger partial charge is 0.481 e. The summed E-state index contributed by atoms with van der Waals surface area (Å²) >= 11 is 4.94. The predicted octanol–water partition coefficient (Wildman–Crippen LogP) is 2.19. The van der Waals surface area contributed by atoms with Gasteiger partial charge < -0.3 is 10.0 Å². The zero-order valence-electron chi connectivity index (χ0n) is 9.22. The molecule has 1 aliphatic rings. The van der Waals surface area contributed by atoms with Crippen molar-refractivity contribution in [2.75, 3.05) is 7.05 Å². The zero-order chi connectivity index (χ0) is 12.6. The molecule has 17 heavy (non-hydrogen) atoms. The third-order valence-corrected chi connectivity index (χ3v) is 4.40. The van der Waals surface area contributed by atoms with E-state index in [1.807, 2.05) is 11.4 Å². The molecule has 0 aromatic carbocycles. The van der Waals surface area contributed by atoms with Crippen molar-refractivity contribution in [3.63, 3.8) is 0 Å². The van der Waals surface area contributed by atoms with Gasteiger partial charge in [0.15, 0.2) is 0 Å². The minimum absolute atomic E-state index is 0.0697. The van der Waals surface area contributed by atoms with Crippen LogP contribution in [-0.2, 0) is 16.1 Å². The van der Waals surface area contributed by atoms with E-state index in [1.165, 1.54) is 0 Å². The van der Waals surface area contributed by atoms with Crippen molar-refractivity contribution in [1.82, 2.24) is 4.90 Å². The van der Waals surface area contributed by atoms with Gasteiger partial charge in [0.25, 0.3) is 0 Å². The van der Waals surface area contributed by atoms with Crippen molar-refractivity contribution in [3.05, 3.63) is 20.8 Å². The van der Waals surface area contributed by atoms with Crippen LogP contribution in [-0.4, -0.2) is 28.9 Å². The molecule has 2 atom stereocenters. The van der Waals surface area contributed by atoms with Crippen molar-refractivity contribution in [1.29, 1.82) is 0 Å². The fourth-order valence-electron chi connectivity index (χ4n) is 1.80. The summed E-state index contributed by atoms with van der Waals surface area (Å²) in [6, 6.07) is 1.97. The summed E-state index contributed by atoms with van der Waals surface area (Å²) in [5.41, 5.74) is 1.06. The Balaban J connectivity index is 1.91. The summed E-state index contributed by atoms with van der Waals surface area (Å²) in [5.74, 6) is -1.73. The molecule has 2 rings (SSSR count). The fourth-order valence-corrected chi connectivity index (χ4v) is 3.00. The number of amides is 1. The molecule has 0 radical (unpaired) electrons. The molecule has 0 spiro atoms. The quantitative estimate of drug-likeness (QED) is 0.926. The lowest BCUT2D eigenvalue weighted by atomic mass is 10.2. The van der Waals surface area contributed by atoms with Gasteiger partial charge in [0.05, 0.1) is 15.6 Å². The molecule has 1 amide bonds.